The van der Waals surface area contributed by atoms with E-state index in [1.165, 1.54) is 24.8 Å². The molecule has 3 heteroatoms. The van der Waals surface area contributed by atoms with Gasteiger partial charge in [0.2, 0.25) is 0 Å². The Labute approximate surface area is 193 Å². The molecule has 2 aromatic carbocycles. The fourth-order valence-electron chi connectivity index (χ4n) is 6.25. The SMILES string of the molecule is COC(=O)[C@H](c1ccccc1)[C@@H](c1ccccc1)[Sn]([CH3])([CH3])[C@@H]1C[C@H](C)CC[C@H]1C(C)C. The van der Waals surface area contributed by atoms with Crippen LogP contribution in [0.15, 0.2) is 60.7 Å². The van der Waals surface area contributed by atoms with Gasteiger partial charge in [0.1, 0.15) is 0 Å². The topological polar surface area (TPSA) is 26.3 Å². The molecule has 2 nitrogen and oxygen atoms in total. The summed E-state index contributed by atoms with van der Waals surface area (Å²) in [6, 6.07) is 21.2. The van der Waals surface area contributed by atoms with Crippen molar-refractivity contribution in [3.8, 4) is 0 Å². The van der Waals surface area contributed by atoms with Crippen LogP contribution in [-0.2, 0) is 9.53 Å². The summed E-state index contributed by atoms with van der Waals surface area (Å²) in [4.78, 5) is 18.6. The number of benzene rings is 2. The molecule has 0 aliphatic heterocycles. The van der Waals surface area contributed by atoms with Gasteiger partial charge in [-0.3, -0.25) is 0 Å². The zero-order valence-corrected chi connectivity index (χ0v) is 23.0. The second-order valence-corrected chi connectivity index (χ2v) is 24.8. The quantitative estimate of drug-likeness (QED) is 0.277. The third-order valence-electron chi connectivity index (χ3n) is 7.89. The van der Waals surface area contributed by atoms with E-state index in [9.17, 15) is 4.79 Å². The van der Waals surface area contributed by atoms with Crippen LogP contribution in [0.25, 0.3) is 0 Å². The van der Waals surface area contributed by atoms with Crippen LogP contribution in [0.3, 0.4) is 0 Å². The molecule has 1 saturated carbocycles. The van der Waals surface area contributed by atoms with Crippen molar-refractivity contribution >= 4 is 24.3 Å². The molecule has 1 aliphatic carbocycles. The molecule has 0 N–H and O–H groups in total. The van der Waals surface area contributed by atoms with E-state index >= 15 is 0 Å². The van der Waals surface area contributed by atoms with Crippen molar-refractivity contribution < 1.29 is 9.53 Å². The van der Waals surface area contributed by atoms with Crippen molar-refractivity contribution in [3.63, 3.8) is 0 Å². The molecule has 0 radical (unpaired) electrons. The van der Waals surface area contributed by atoms with E-state index in [-0.39, 0.29) is 15.8 Å². The van der Waals surface area contributed by atoms with Gasteiger partial charge in [0, 0.05) is 0 Å². The summed E-state index contributed by atoms with van der Waals surface area (Å²) in [6.45, 7) is 7.24. The van der Waals surface area contributed by atoms with Gasteiger partial charge in [-0.25, -0.2) is 0 Å². The zero-order chi connectivity index (χ0) is 22.6. The predicted octanol–water partition coefficient (Wildman–Crippen LogP) is 7.44. The van der Waals surface area contributed by atoms with Gasteiger partial charge in [0.25, 0.3) is 0 Å². The Morgan fingerprint density at radius 2 is 1.48 bits per heavy atom. The number of rotatable bonds is 7. The van der Waals surface area contributed by atoms with Gasteiger partial charge in [-0.15, -0.1) is 0 Å². The monoisotopic (exact) mass is 528 g/mol. The first-order chi connectivity index (χ1) is 14.8. The molecule has 0 heterocycles. The van der Waals surface area contributed by atoms with Gasteiger partial charge >= 0.3 is 194 Å². The number of ether oxygens (including phenoxy) is 1. The predicted molar refractivity (Wildman–Crippen MR) is 133 cm³/mol. The van der Waals surface area contributed by atoms with Crippen LogP contribution in [0.4, 0.5) is 0 Å². The number of methoxy groups -OCH3 is 1. The van der Waals surface area contributed by atoms with Gasteiger partial charge < -0.3 is 0 Å². The Morgan fingerprint density at radius 1 is 0.935 bits per heavy atom. The van der Waals surface area contributed by atoms with Gasteiger partial charge in [-0.05, 0) is 0 Å². The van der Waals surface area contributed by atoms with E-state index in [0.29, 0.717) is 5.92 Å². The van der Waals surface area contributed by atoms with Crippen LogP contribution in [0, 0.1) is 17.8 Å². The second-order valence-electron chi connectivity index (χ2n) is 10.6. The molecule has 1 aliphatic rings. The Morgan fingerprint density at radius 3 is 2.00 bits per heavy atom. The average Bonchev–Trinajstić information content (AvgIpc) is 2.77. The second kappa shape index (κ2) is 10.5. The summed E-state index contributed by atoms with van der Waals surface area (Å²) in [6.07, 6.45) is 3.99. The van der Waals surface area contributed by atoms with Crippen molar-refractivity contribution in [1.29, 1.82) is 0 Å². The summed E-state index contributed by atoms with van der Waals surface area (Å²) in [5.74, 6) is 1.92. The molecule has 5 atom stereocenters. The Balaban J connectivity index is 2.16. The molecule has 0 amide bonds. The molecular weight excluding hydrogens is 487 g/mol. The third kappa shape index (κ3) is 5.38. The number of hydrogen-bond acceptors (Lipinski definition) is 2. The first-order valence-electron chi connectivity index (χ1n) is 11.9. The summed E-state index contributed by atoms with van der Waals surface area (Å²) in [7, 11) is 1.54. The summed E-state index contributed by atoms with van der Waals surface area (Å²) < 4.78 is 6.46. The molecule has 0 bridgehead atoms. The van der Waals surface area contributed by atoms with Crippen molar-refractivity contribution in [1.82, 2.24) is 0 Å². The fourth-order valence-corrected chi connectivity index (χ4v) is 21.6. The molecule has 2 aromatic rings. The Bertz CT molecular complexity index is 831. The average molecular weight is 527 g/mol. The fraction of sp³-hybridized carbons (Fsp3) is 0.536. The molecular formula is C28H40O2Sn. The maximum atomic E-state index is 13.3. The number of carbonyl (C=O) groups excluding carboxylic acids is 1. The van der Waals surface area contributed by atoms with E-state index in [0.717, 1.165) is 21.3 Å². The van der Waals surface area contributed by atoms with Crippen LogP contribution < -0.4 is 0 Å². The van der Waals surface area contributed by atoms with Gasteiger partial charge in [0.05, 0.1) is 0 Å². The van der Waals surface area contributed by atoms with E-state index < -0.39 is 18.4 Å². The van der Waals surface area contributed by atoms with Crippen LogP contribution in [0.2, 0.25) is 13.8 Å². The molecule has 0 saturated heterocycles. The van der Waals surface area contributed by atoms with Crippen LogP contribution in [-0.4, -0.2) is 31.5 Å². The van der Waals surface area contributed by atoms with E-state index in [2.05, 4.69) is 85.2 Å². The molecule has 3 rings (SSSR count). The Kier molecular flexibility index (Phi) is 8.29. The van der Waals surface area contributed by atoms with Crippen molar-refractivity contribution in [2.75, 3.05) is 7.11 Å². The van der Waals surface area contributed by atoms with Crippen molar-refractivity contribution in [2.24, 2.45) is 17.8 Å². The van der Waals surface area contributed by atoms with Crippen LogP contribution >= 0.6 is 0 Å². The Hall–Kier alpha value is -1.29. The number of carbonyl (C=O) groups is 1. The van der Waals surface area contributed by atoms with Gasteiger partial charge in [-0.2, -0.15) is 0 Å². The van der Waals surface area contributed by atoms with Crippen LogP contribution in [0.5, 0.6) is 0 Å². The summed E-state index contributed by atoms with van der Waals surface area (Å²) >= 11 is -2.94. The molecule has 0 spiro atoms. The number of hydrogen-bond donors (Lipinski definition) is 0. The van der Waals surface area contributed by atoms with E-state index in [4.69, 9.17) is 4.74 Å². The number of esters is 1. The van der Waals surface area contributed by atoms with Gasteiger partial charge in [0.15, 0.2) is 0 Å². The molecule has 0 aromatic heterocycles. The third-order valence-corrected chi connectivity index (χ3v) is 21.7. The van der Waals surface area contributed by atoms with Gasteiger partial charge in [-0.1, -0.05) is 0 Å². The van der Waals surface area contributed by atoms with E-state index in [1.54, 1.807) is 7.11 Å². The minimum atomic E-state index is -2.94. The normalized spacial score (nSPS) is 23.9. The molecule has 168 valence electrons. The first kappa shape index (κ1) is 24.4. The summed E-state index contributed by atoms with van der Waals surface area (Å²) in [5, 5.41) is 0. The first-order valence-corrected chi connectivity index (χ1v) is 21.0. The maximum absolute atomic E-state index is 13.3. The molecule has 0 unspecified atom stereocenters. The van der Waals surface area contributed by atoms with Crippen molar-refractivity contribution in [3.05, 3.63) is 71.8 Å². The standard InChI is InChI=1S/C16H15O2.C10H19.2CH3.Sn/c1-18-16(17)15(14-10-6-3-7-11-14)12-13-8-4-2-5-9-13;1-8(2)10-6-4-9(3)5-7-10;;;/h2-12,15H,1H3;6,8-10H,4-5,7H2,1-3H3;2*1H3;/t15-;9-,10-;;;/m00.../s1. The molecule has 31 heavy (non-hydrogen) atoms. The minimum absolute atomic E-state index is 0.0882. The zero-order valence-electron chi connectivity index (χ0n) is 20.2. The van der Waals surface area contributed by atoms with Crippen LogP contribution in [0.1, 0.15) is 61.0 Å². The molecule has 1 fully saturated rings. The van der Waals surface area contributed by atoms with Crippen molar-refractivity contribution in [2.45, 2.75) is 63.7 Å². The summed E-state index contributed by atoms with van der Waals surface area (Å²) in [5.41, 5.74) is 2.42. The van der Waals surface area contributed by atoms with E-state index in [1.807, 2.05) is 6.07 Å².